The maximum Gasteiger partial charge on any atom is 0.238 e. The van der Waals surface area contributed by atoms with Crippen molar-refractivity contribution in [2.75, 3.05) is 0 Å². The number of aromatic nitrogens is 5. The molecule has 0 aliphatic rings. The summed E-state index contributed by atoms with van der Waals surface area (Å²) in [4.78, 5) is 19.8. The summed E-state index contributed by atoms with van der Waals surface area (Å²) in [5.74, 6) is 1.84. The molecule has 7 heteroatoms. The maximum absolute atomic E-state index is 5.15. The van der Waals surface area contributed by atoms with E-state index in [1.165, 1.54) is 20.2 Å². The molecule has 4 heterocycles. The molecule has 0 atom stereocenters. The van der Waals surface area contributed by atoms with Crippen molar-refractivity contribution in [1.82, 2.24) is 24.5 Å². The molecule has 10 aromatic rings. The first kappa shape index (κ1) is 31.2. The Morgan fingerprint density at radius 3 is 1.92 bits per heavy atom. The molecule has 0 saturated carbocycles. The topological polar surface area (TPSA) is 56.5 Å². The van der Waals surface area contributed by atoms with Crippen molar-refractivity contribution in [2.45, 2.75) is 0 Å². The second-order valence-corrected chi connectivity index (χ2v) is 13.3. The van der Waals surface area contributed by atoms with Gasteiger partial charge in [0, 0.05) is 68.4 Å². The van der Waals surface area contributed by atoms with E-state index in [4.69, 9.17) is 15.0 Å². The van der Waals surface area contributed by atoms with E-state index < -0.39 is 0 Å². The van der Waals surface area contributed by atoms with Crippen LogP contribution < -0.4 is 0 Å². The average Bonchev–Trinajstić information content (AvgIpc) is 3.72. The molecular weight excluding hydrogens is 823 g/mol. The largest absolute Gasteiger partial charge is 0.305 e. The van der Waals surface area contributed by atoms with E-state index in [1.807, 2.05) is 102 Å². The Morgan fingerprint density at radius 1 is 0.490 bits per heavy atom. The third kappa shape index (κ3) is 5.43. The molecule has 0 aliphatic carbocycles. The van der Waals surface area contributed by atoms with Crippen LogP contribution in [0.4, 0.5) is 0 Å². The van der Waals surface area contributed by atoms with E-state index in [2.05, 4.69) is 82.3 Å². The Morgan fingerprint density at radius 2 is 1.18 bits per heavy atom. The molecule has 6 aromatic carbocycles. The Kier molecular flexibility index (Phi) is 7.82. The molecule has 0 spiro atoms. The van der Waals surface area contributed by atoms with E-state index in [0.29, 0.717) is 17.6 Å². The van der Waals surface area contributed by atoms with Crippen molar-refractivity contribution >= 4 is 53.3 Å². The summed E-state index contributed by atoms with van der Waals surface area (Å²) in [7, 11) is 0. The smallest absolute Gasteiger partial charge is 0.238 e. The van der Waals surface area contributed by atoms with Gasteiger partial charge in [-0.15, -0.1) is 46.7 Å². The standard InChI is InChI=1S/C44H26N5S.Ir/c1-3-12-28(13-4-1)42-46-43(29-14-5-2-6-15-29)48-44(47-42)49-38-22-21-31(30-16-11-17-32(24-30)37-19-9-10-23-45-37)25-34(38)35-26-36-33-18-7-8-20-40(33)50-41(36)27-39(35)49;/h1-16,18-27H;/q-1;. The molecule has 243 valence electrons. The number of rotatable bonds is 5. The van der Waals surface area contributed by atoms with Gasteiger partial charge in [0.15, 0.2) is 11.6 Å². The molecule has 0 fully saturated rings. The van der Waals surface area contributed by atoms with Crippen LogP contribution in [-0.4, -0.2) is 24.5 Å². The number of hydrogen-bond donors (Lipinski definition) is 0. The van der Waals surface area contributed by atoms with Crippen LogP contribution >= 0.6 is 11.3 Å². The van der Waals surface area contributed by atoms with Gasteiger partial charge in [-0.25, -0.2) is 4.98 Å². The summed E-state index contributed by atoms with van der Waals surface area (Å²) in [6.45, 7) is 0. The van der Waals surface area contributed by atoms with E-state index in [-0.39, 0.29) is 20.1 Å². The van der Waals surface area contributed by atoms with Crippen LogP contribution in [0.3, 0.4) is 0 Å². The summed E-state index contributed by atoms with van der Waals surface area (Å²) in [6.07, 6.45) is 1.82. The molecule has 0 bridgehead atoms. The first-order chi connectivity index (χ1) is 24.8. The molecule has 10 rings (SSSR count). The Labute approximate surface area is 311 Å². The van der Waals surface area contributed by atoms with Gasteiger partial charge >= 0.3 is 0 Å². The van der Waals surface area contributed by atoms with Gasteiger partial charge in [0.2, 0.25) is 5.95 Å². The number of pyridine rings is 1. The molecule has 0 N–H and O–H groups in total. The normalized spacial score (nSPS) is 11.4. The zero-order valence-electron chi connectivity index (χ0n) is 27.0. The third-order valence-corrected chi connectivity index (χ3v) is 10.4. The predicted molar refractivity (Wildman–Crippen MR) is 205 cm³/mol. The van der Waals surface area contributed by atoms with Gasteiger partial charge in [0.1, 0.15) is 0 Å². The maximum atomic E-state index is 5.15. The zero-order chi connectivity index (χ0) is 33.0. The average molecular weight is 849 g/mol. The third-order valence-electron chi connectivity index (χ3n) is 9.23. The molecule has 0 aliphatic heterocycles. The van der Waals surface area contributed by atoms with Crippen LogP contribution in [0.5, 0.6) is 0 Å². The fourth-order valence-electron chi connectivity index (χ4n) is 6.85. The minimum Gasteiger partial charge on any atom is -0.305 e. The number of benzene rings is 6. The van der Waals surface area contributed by atoms with Crippen LogP contribution in [0.2, 0.25) is 0 Å². The minimum atomic E-state index is 0. The fraction of sp³-hybridized carbons (Fsp3) is 0. The van der Waals surface area contributed by atoms with Crippen molar-refractivity contribution in [1.29, 1.82) is 0 Å². The van der Waals surface area contributed by atoms with Crippen molar-refractivity contribution in [3.63, 3.8) is 0 Å². The molecule has 5 nitrogen and oxygen atoms in total. The first-order valence-electron chi connectivity index (χ1n) is 16.5. The van der Waals surface area contributed by atoms with Gasteiger partial charge in [-0.3, -0.25) is 4.57 Å². The van der Waals surface area contributed by atoms with E-state index in [1.54, 1.807) is 0 Å². The molecule has 0 amide bonds. The van der Waals surface area contributed by atoms with E-state index in [9.17, 15) is 0 Å². The van der Waals surface area contributed by atoms with Gasteiger partial charge in [-0.2, -0.15) is 9.97 Å². The predicted octanol–water partition coefficient (Wildman–Crippen LogP) is 11.2. The van der Waals surface area contributed by atoms with Gasteiger partial charge in [0.25, 0.3) is 0 Å². The van der Waals surface area contributed by atoms with Crippen LogP contribution in [-0.2, 0) is 20.1 Å². The van der Waals surface area contributed by atoms with Gasteiger partial charge in [-0.05, 0) is 47.7 Å². The van der Waals surface area contributed by atoms with Crippen molar-refractivity contribution < 1.29 is 20.1 Å². The number of fused-ring (bicyclic) bond motifs is 6. The Balaban J connectivity index is 0.00000348. The summed E-state index contributed by atoms with van der Waals surface area (Å²) in [5, 5.41) is 4.79. The summed E-state index contributed by atoms with van der Waals surface area (Å²) in [6, 6.07) is 55.8. The van der Waals surface area contributed by atoms with Crippen molar-refractivity contribution in [2.24, 2.45) is 0 Å². The second-order valence-electron chi connectivity index (χ2n) is 12.3. The number of hydrogen-bond acceptors (Lipinski definition) is 5. The summed E-state index contributed by atoms with van der Waals surface area (Å²) >= 11 is 1.81. The van der Waals surface area contributed by atoms with Crippen molar-refractivity contribution in [3.8, 4) is 51.1 Å². The van der Waals surface area contributed by atoms with Crippen LogP contribution in [0, 0.1) is 6.07 Å². The number of thiophene rings is 1. The first-order valence-corrected chi connectivity index (χ1v) is 17.3. The summed E-state index contributed by atoms with van der Waals surface area (Å²) < 4.78 is 4.70. The van der Waals surface area contributed by atoms with Crippen molar-refractivity contribution in [3.05, 3.63) is 164 Å². The number of nitrogens with zero attached hydrogens (tertiary/aromatic N) is 5. The minimum absolute atomic E-state index is 0. The second kappa shape index (κ2) is 12.8. The van der Waals surface area contributed by atoms with Crippen LogP contribution in [0.15, 0.2) is 158 Å². The molecule has 4 aromatic heterocycles. The van der Waals surface area contributed by atoms with Crippen LogP contribution in [0.1, 0.15) is 0 Å². The van der Waals surface area contributed by atoms with E-state index in [0.717, 1.165) is 55.3 Å². The van der Waals surface area contributed by atoms with E-state index >= 15 is 0 Å². The SMILES string of the molecule is [Ir].[c-]1ccc(-c2ccc3c(c2)c2cc4c(cc2n3-c2nc(-c3ccccc3)nc(-c3ccccc3)n2)sc2ccccc24)cc1-c1ccccn1. The molecule has 0 unspecified atom stereocenters. The Bertz CT molecular complexity index is 2810. The molecule has 0 saturated heterocycles. The summed E-state index contributed by atoms with van der Waals surface area (Å²) in [5.41, 5.74) is 8.04. The van der Waals surface area contributed by atoms with Crippen LogP contribution in [0.25, 0.3) is 93.1 Å². The monoisotopic (exact) mass is 849 g/mol. The zero-order valence-corrected chi connectivity index (χ0v) is 30.2. The quantitative estimate of drug-likeness (QED) is 0.162. The molecule has 51 heavy (non-hydrogen) atoms. The molecule has 1 radical (unpaired) electrons. The molecular formula is C44H26IrN5S-. The van der Waals surface area contributed by atoms with Gasteiger partial charge < -0.3 is 4.98 Å². The van der Waals surface area contributed by atoms with Gasteiger partial charge in [-0.1, -0.05) is 97.1 Å². The van der Waals surface area contributed by atoms with Gasteiger partial charge in [0.05, 0.1) is 11.0 Å². The Hall–Kier alpha value is -5.85. The fourth-order valence-corrected chi connectivity index (χ4v) is 7.97.